The van der Waals surface area contributed by atoms with Crippen molar-refractivity contribution in [2.45, 2.75) is 19.0 Å². The fourth-order valence-corrected chi connectivity index (χ4v) is 1.67. The molecule has 18 heavy (non-hydrogen) atoms. The molecule has 4 nitrogen and oxygen atoms in total. The van der Waals surface area contributed by atoms with Crippen molar-refractivity contribution in [1.82, 2.24) is 5.32 Å². The van der Waals surface area contributed by atoms with Crippen LogP contribution in [0, 0.1) is 0 Å². The van der Waals surface area contributed by atoms with Crippen molar-refractivity contribution in [2.24, 2.45) is 5.73 Å². The van der Waals surface area contributed by atoms with E-state index >= 15 is 0 Å². The van der Waals surface area contributed by atoms with Gasteiger partial charge in [0.2, 0.25) is 5.91 Å². The molecule has 0 radical (unpaired) electrons. The summed E-state index contributed by atoms with van der Waals surface area (Å²) >= 11 is 3.37. The zero-order valence-electron chi connectivity index (χ0n) is 10.4. The molecule has 1 rings (SSSR count). The van der Waals surface area contributed by atoms with Gasteiger partial charge in [0.1, 0.15) is 6.04 Å². The van der Waals surface area contributed by atoms with E-state index in [1.807, 2.05) is 31.2 Å². The van der Waals surface area contributed by atoms with E-state index in [0.717, 1.165) is 10.0 Å². The first kappa shape index (κ1) is 17.4. The molecule has 0 aromatic heterocycles. The number of rotatable bonds is 5. The topological polar surface area (TPSA) is 64.3 Å². The van der Waals surface area contributed by atoms with E-state index in [0.29, 0.717) is 0 Å². The van der Waals surface area contributed by atoms with Crippen LogP contribution in [0.1, 0.15) is 18.5 Å². The van der Waals surface area contributed by atoms with Gasteiger partial charge in [-0.05, 0) is 24.6 Å². The second-order valence-electron chi connectivity index (χ2n) is 3.84. The van der Waals surface area contributed by atoms with E-state index in [2.05, 4.69) is 21.2 Å². The lowest BCUT2D eigenvalue weighted by Crippen LogP contribution is -2.44. The molecule has 1 aromatic carbocycles. The molecule has 2 atom stereocenters. The van der Waals surface area contributed by atoms with Gasteiger partial charge in [-0.15, -0.1) is 12.4 Å². The van der Waals surface area contributed by atoms with Crippen molar-refractivity contribution in [3.8, 4) is 0 Å². The zero-order chi connectivity index (χ0) is 12.8. The van der Waals surface area contributed by atoms with Gasteiger partial charge in [0.05, 0.1) is 12.6 Å². The monoisotopic (exact) mass is 336 g/mol. The van der Waals surface area contributed by atoms with Crippen molar-refractivity contribution in [2.75, 3.05) is 13.7 Å². The van der Waals surface area contributed by atoms with Gasteiger partial charge in [-0.1, -0.05) is 28.1 Å². The fraction of sp³-hybridized carbons (Fsp3) is 0.417. The normalized spacial score (nSPS) is 13.3. The molecule has 0 aliphatic carbocycles. The van der Waals surface area contributed by atoms with E-state index < -0.39 is 6.04 Å². The predicted octanol–water partition coefficient (Wildman–Crippen LogP) is 2.02. The van der Waals surface area contributed by atoms with Crippen LogP contribution in [0.5, 0.6) is 0 Å². The smallest absolute Gasteiger partial charge is 0.239 e. The zero-order valence-corrected chi connectivity index (χ0v) is 12.8. The van der Waals surface area contributed by atoms with Gasteiger partial charge in [-0.3, -0.25) is 4.79 Å². The van der Waals surface area contributed by atoms with Crippen LogP contribution < -0.4 is 11.1 Å². The van der Waals surface area contributed by atoms with Gasteiger partial charge in [-0.25, -0.2) is 0 Å². The van der Waals surface area contributed by atoms with Gasteiger partial charge < -0.3 is 15.8 Å². The summed E-state index contributed by atoms with van der Waals surface area (Å²) in [6.07, 6.45) is 0. The Balaban J connectivity index is 0.00000289. The van der Waals surface area contributed by atoms with E-state index in [1.165, 1.54) is 7.11 Å². The molecule has 0 fully saturated rings. The summed E-state index contributed by atoms with van der Waals surface area (Å²) in [5, 5.41) is 2.84. The first-order chi connectivity index (χ1) is 8.04. The Kier molecular flexibility index (Phi) is 8.18. The van der Waals surface area contributed by atoms with E-state index in [4.69, 9.17) is 10.5 Å². The summed E-state index contributed by atoms with van der Waals surface area (Å²) in [5.41, 5.74) is 6.67. The van der Waals surface area contributed by atoms with Crippen molar-refractivity contribution in [3.05, 3.63) is 34.3 Å². The molecule has 0 saturated heterocycles. The van der Waals surface area contributed by atoms with E-state index in [-0.39, 0.29) is 31.0 Å². The van der Waals surface area contributed by atoms with E-state index in [1.54, 1.807) is 0 Å². The molecular weight excluding hydrogens is 320 g/mol. The molecule has 0 aliphatic heterocycles. The molecule has 0 bridgehead atoms. The standard InChI is InChI=1S/C12H17BrN2O2.ClH/c1-8(9-3-5-10(13)6-4-9)15-12(16)11(14)7-17-2;/h3-6,8,11H,7,14H2,1-2H3,(H,15,16);1H. The molecule has 0 saturated carbocycles. The van der Waals surface area contributed by atoms with Gasteiger partial charge in [0, 0.05) is 11.6 Å². The van der Waals surface area contributed by atoms with Crippen LogP contribution in [0.4, 0.5) is 0 Å². The van der Waals surface area contributed by atoms with Crippen molar-refractivity contribution in [1.29, 1.82) is 0 Å². The summed E-state index contributed by atoms with van der Waals surface area (Å²) < 4.78 is 5.85. The SMILES string of the molecule is COCC(N)C(=O)NC(C)c1ccc(Br)cc1.Cl. The maximum atomic E-state index is 11.7. The second kappa shape index (κ2) is 8.48. The van der Waals surface area contributed by atoms with Crippen LogP contribution in [0.3, 0.4) is 0 Å². The minimum Gasteiger partial charge on any atom is -0.383 e. The molecule has 3 N–H and O–H groups in total. The van der Waals surface area contributed by atoms with E-state index in [9.17, 15) is 4.79 Å². The van der Waals surface area contributed by atoms with Crippen LogP contribution in [0.15, 0.2) is 28.7 Å². The van der Waals surface area contributed by atoms with Gasteiger partial charge in [0.25, 0.3) is 0 Å². The highest BCUT2D eigenvalue weighted by Gasteiger charge is 2.16. The first-order valence-electron chi connectivity index (χ1n) is 5.35. The molecule has 6 heteroatoms. The highest BCUT2D eigenvalue weighted by atomic mass is 79.9. The summed E-state index contributed by atoms with van der Waals surface area (Å²) in [7, 11) is 1.52. The number of hydrogen-bond acceptors (Lipinski definition) is 3. The summed E-state index contributed by atoms with van der Waals surface area (Å²) in [4.78, 5) is 11.7. The molecule has 0 heterocycles. The van der Waals surface area contributed by atoms with Gasteiger partial charge in [-0.2, -0.15) is 0 Å². The lowest BCUT2D eigenvalue weighted by Gasteiger charge is -2.17. The van der Waals surface area contributed by atoms with Crippen molar-refractivity contribution >= 4 is 34.2 Å². The number of carbonyl (C=O) groups excluding carboxylic acids is 1. The Morgan fingerprint density at radius 3 is 2.50 bits per heavy atom. The average Bonchev–Trinajstić information content (AvgIpc) is 2.30. The number of ether oxygens (including phenoxy) is 1. The van der Waals surface area contributed by atoms with Crippen LogP contribution in [-0.4, -0.2) is 25.7 Å². The second-order valence-corrected chi connectivity index (χ2v) is 4.76. The molecule has 1 aromatic rings. The first-order valence-corrected chi connectivity index (χ1v) is 6.14. The molecule has 102 valence electrons. The largest absolute Gasteiger partial charge is 0.383 e. The maximum Gasteiger partial charge on any atom is 0.239 e. The quantitative estimate of drug-likeness (QED) is 0.864. The Bertz CT molecular complexity index is 373. The number of carbonyl (C=O) groups is 1. The number of halogens is 2. The lowest BCUT2D eigenvalue weighted by molar-refractivity contribution is -0.124. The summed E-state index contributed by atoms with van der Waals surface area (Å²) in [6, 6.07) is 7.09. The van der Waals surface area contributed by atoms with Crippen LogP contribution in [-0.2, 0) is 9.53 Å². The predicted molar refractivity (Wildman–Crippen MR) is 77.8 cm³/mol. The third-order valence-electron chi connectivity index (χ3n) is 2.41. The van der Waals surface area contributed by atoms with Crippen LogP contribution in [0.2, 0.25) is 0 Å². The fourth-order valence-electron chi connectivity index (χ4n) is 1.41. The molecular formula is C12H18BrClN2O2. The minimum atomic E-state index is -0.627. The third kappa shape index (κ3) is 5.35. The van der Waals surface area contributed by atoms with Crippen molar-refractivity contribution in [3.63, 3.8) is 0 Å². The molecule has 1 amide bonds. The van der Waals surface area contributed by atoms with Gasteiger partial charge >= 0.3 is 0 Å². The maximum absolute atomic E-state index is 11.7. The number of nitrogens with two attached hydrogens (primary N) is 1. The third-order valence-corrected chi connectivity index (χ3v) is 2.94. The average molecular weight is 338 g/mol. The number of methoxy groups -OCH3 is 1. The Labute approximate surface area is 122 Å². The molecule has 0 spiro atoms. The number of benzene rings is 1. The summed E-state index contributed by atoms with van der Waals surface area (Å²) in [6.45, 7) is 2.14. The molecule has 0 aliphatic rings. The van der Waals surface area contributed by atoms with Crippen LogP contribution >= 0.6 is 28.3 Å². The summed E-state index contributed by atoms with van der Waals surface area (Å²) in [5.74, 6) is -0.206. The lowest BCUT2D eigenvalue weighted by atomic mass is 10.1. The Hall–Kier alpha value is -0.620. The Morgan fingerprint density at radius 2 is 2.00 bits per heavy atom. The minimum absolute atomic E-state index is 0. The molecule has 2 unspecified atom stereocenters. The number of nitrogens with one attached hydrogen (secondary N) is 1. The van der Waals surface area contributed by atoms with Gasteiger partial charge in [0.15, 0.2) is 0 Å². The van der Waals surface area contributed by atoms with Crippen molar-refractivity contribution < 1.29 is 9.53 Å². The highest BCUT2D eigenvalue weighted by Crippen LogP contribution is 2.16. The Morgan fingerprint density at radius 1 is 1.44 bits per heavy atom. The number of amides is 1. The number of hydrogen-bond donors (Lipinski definition) is 2. The van der Waals surface area contributed by atoms with Crippen LogP contribution in [0.25, 0.3) is 0 Å². The highest BCUT2D eigenvalue weighted by molar-refractivity contribution is 9.10.